The number of methoxy groups -OCH3 is 1. The van der Waals surface area contributed by atoms with Gasteiger partial charge in [-0.15, -0.1) is 0 Å². The molecule has 6 nitrogen and oxygen atoms in total. The van der Waals surface area contributed by atoms with Crippen molar-refractivity contribution in [3.8, 4) is 5.75 Å². The zero-order valence-corrected chi connectivity index (χ0v) is 17.2. The topological polar surface area (TPSA) is 81.7 Å². The van der Waals surface area contributed by atoms with E-state index < -0.39 is 12.0 Å². The van der Waals surface area contributed by atoms with Crippen molar-refractivity contribution in [2.75, 3.05) is 13.7 Å². The number of esters is 1. The van der Waals surface area contributed by atoms with E-state index in [1.54, 1.807) is 48.5 Å². The molecule has 0 aliphatic heterocycles. The summed E-state index contributed by atoms with van der Waals surface area (Å²) in [7, 11) is 1.28. The van der Waals surface area contributed by atoms with Gasteiger partial charge in [0.05, 0.1) is 26.2 Å². The van der Waals surface area contributed by atoms with Gasteiger partial charge in [-0.1, -0.05) is 29.8 Å². The minimum atomic E-state index is -0.635. The lowest BCUT2D eigenvalue weighted by molar-refractivity contribution is -0.141. The molecule has 0 aliphatic carbocycles. The fourth-order valence-electron chi connectivity index (χ4n) is 2.79. The quantitative estimate of drug-likeness (QED) is 0.464. The largest absolute Gasteiger partial charge is 0.494 e. The molecule has 1 N–H and O–H groups in total. The Labute approximate surface area is 175 Å². The summed E-state index contributed by atoms with van der Waals surface area (Å²) in [6, 6.07) is 13.1. The molecule has 7 heteroatoms. The zero-order valence-electron chi connectivity index (χ0n) is 16.4. The van der Waals surface area contributed by atoms with Crippen LogP contribution in [0.25, 0.3) is 0 Å². The molecule has 0 spiro atoms. The summed E-state index contributed by atoms with van der Waals surface area (Å²) in [5.74, 6) is -0.281. The maximum atomic E-state index is 12.4. The number of amides is 1. The molecule has 0 heterocycles. The number of carbonyl (C=O) groups is 3. The lowest BCUT2D eigenvalue weighted by Gasteiger charge is -2.19. The number of rotatable bonds is 10. The molecule has 0 bridgehead atoms. The van der Waals surface area contributed by atoms with Gasteiger partial charge >= 0.3 is 5.97 Å². The van der Waals surface area contributed by atoms with Crippen LogP contribution in [0.1, 0.15) is 48.1 Å². The normalized spacial score (nSPS) is 11.4. The van der Waals surface area contributed by atoms with Crippen LogP contribution in [0.3, 0.4) is 0 Å². The molecule has 29 heavy (non-hydrogen) atoms. The standard InChI is InChI=1S/C22H24ClNO5/c1-3-29-16-10-8-15(9-11-16)20(25)12-13-21(26)24-19(14-22(27)28-2)17-6-4-5-7-18(17)23/h4-11,19H,3,12-14H2,1-2H3,(H,24,26)/t19-/m0/s1. The highest BCUT2D eigenvalue weighted by molar-refractivity contribution is 6.31. The summed E-state index contributed by atoms with van der Waals surface area (Å²) in [5, 5.41) is 3.21. The minimum Gasteiger partial charge on any atom is -0.494 e. The number of benzene rings is 2. The summed E-state index contributed by atoms with van der Waals surface area (Å²) >= 11 is 6.20. The van der Waals surface area contributed by atoms with Crippen LogP contribution in [0, 0.1) is 0 Å². The van der Waals surface area contributed by atoms with Gasteiger partial charge in [0.15, 0.2) is 5.78 Å². The first-order valence-electron chi connectivity index (χ1n) is 9.31. The predicted octanol–water partition coefficient (Wildman–Crippen LogP) is 4.12. The first-order valence-corrected chi connectivity index (χ1v) is 9.69. The van der Waals surface area contributed by atoms with Gasteiger partial charge in [-0.3, -0.25) is 14.4 Å². The SMILES string of the molecule is CCOc1ccc(C(=O)CCC(=O)N[C@@H](CC(=O)OC)c2ccccc2Cl)cc1. The van der Waals surface area contributed by atoms with Crippen LogP contribution >= 0.6 is 11.6 Å². The molecule has 0 fully saturated rings. The Morgan fingerprint density at radius 3 is 2.34 bits per heavy atom. The van der Waals surface area contributed by atoms with E-state index in [2.05, 4.69) is 5.32 Å². The lowest BCUT2D eigenvalue weighted by atomic mass is 10.0. The molecule has 0 radical (unpaired) electrons. The molecule has 2 aromatic carbocycles. The van der Waals surface area contributed by atoms with Crippen molar-refractivity contribution >= 4 is 29.3 Å². The molecule has 2 aromatic rings. The molecular weight excluding hydrogens is 394 g/mol. The molecule has 0 saturated heterocycles. The van der Waals surface area contributed by atoms with E-state index in [-0.39, 0.29) is 31.0 Å². The van der Waals surface area contributed by atoms with Gasteiger partial charge in [0, 0.05) is 23.4 Å². The van der Waals surface area contributed by atoms with Crippen LogP contribution in [-0.4, -0.2) is 31.4 Å². The average molecular weight is 418 g/mol. The summed E-state index contributed by atoms with van der Waals surface area (Å²) in [4.78, 5) is 36.5. The van der Waals surface area contributed by atoms with E-state index in [4.69, 9.17) is 21.1 Å². The molecule has 0 unspecified atom stereocenters. The smallest absolute Gasteiger partial charge is 0.307 e. The Morgan fingerprint density at radius 2 is 1.72 bits per heavy atom. The van der Waals surface area contributed by atoms with Crippen LogP contribution in [0.4, 0.5) is 0 Å². The van der Waals surface area contributed by atoms with Gasteiger partial charge in [0.25, 0.3) is 0 Å². The minimum absolute atomic E-state index is 0.00578. The molecule has 1 amide bonds. The number of Topliss-reactive ketones (excluding diaryl/α,β-unsaturated/α-hetero) is 1. The van der Waals surface area contributed by atoms with Crippen molar-refractivity contribution in [3.05, 3.63) is 64.7 Å². The summed E-state index contributed by atoms with van der Waals surface area (Å²) < 4.78 is 10.1. The van der Waals surface area contributed by atoms with Crippen molar-refractivity contribution in [2.24, 2.45) is 0 Å². The third-order valence-corrected chi connectivity index (χ3v) is 4.62. The first kappa shape index (κ1) is 22.4. The van der Waals surface area contributed by atoms with Gasteiger partial charge in [-0.2, -0.15) is 0 Å². The summed E-state index contributed by atoms with van der Waals surface area (Å²) in [6.07, 6.45) is -0.0136. The van der Waals surface area contributed by atoms with E-state index >= 15 is 0 Å². The molecule has 0 aromatic heterocycles. The summed E-state index contributed by atoms with van der Waals surface area (Å²) in [5.41, 5.74) is 1.13. The average Bonchev–Trinajstić information content (AvgIpc) is 2.72. The molecule has 1 atom stereocenters. The second-order valence-corrected chi connectivity index (χ2v) is 6.71. The zero-order chi connectivity index (χ0) is 21.2. The summed E-state index contributed by atoms with van der Waals surface area (Å²) in [6.45, 7) is 2.43. The maximum Gasteiger partial charge on any atom is 0.307 e. The Hall–Kier alpha value is -2.86. The fraction of sp³-hybridized carbons (Fsp3) is 0.318. The Bertz CT molecular complexity index is 851. The highest BCUT2D eigenvalue weighted by Gasteiger charge is 2.21. The van der Waals surface area contributed by atoms with E-state index in [0.717, 1.165) is 0 Å². The van der Waals surface area contributed by atoms with Crippen LogP contribution in [0.5, 0.6) is 5.75 Å². The Morgan fingerprint density at radius 1 is 1.03 bits per heavy atom. The van der Waals surface area contributed by atoms with E-state index in [1.807, 2.05) is 6.92 Å². The van der Waals surface area contributed by atoms with Gasteiger partial charge in [0.1, 0.15) is 5.75 Å². The number of carbonyl (C=O) groups excluding carboxylic acids is 3. The predicted molar refractivity (Wildman–Crippen MR) is 110 cm³/mol. The van der Waals surface area contributed by atoms with Gasteiger partial charge in [-0.25, -0.2) is 0 Å². The van der Waals surface area contributed by atoms with Crippen molar-refractivity contribution in [1.29, 1.82) is 0 Å². The first-order chi connectivity index (χ1) is 13.9. The Kier molecular flexibility index (Phi) is 8.68. The monoisotopic (exact) mass is 417 g/mol. The van der Waals surface area contributed by atoms with Crippen molar-refractivity contribution in [1.82, 2.24) is 5.32 Å². The van der Waals surface area contributed by atoms with Gasteiger partial charge in [-0.05, 0) is 42.8 Å². The number of nitrogens with one attached hydrogen (secondary N) is 1. The second kappa shape index (κ2) is 11.2. The number of ether oxygens (including phenoxy) is 2. The number of hydrogen-bond acceptors (Lipinski definition) is 5. The maximum absolute atomic E-state index is 12.4. The van der Waals surface area contributed by atoms with Crippen molar-refractivity contribution in [2.45, 2.75) is 32.2 Å². The highest BCUT2D eigenvalue weighted by Crippen LogP contribution is 2.25. The van der Waals surface area contributed by atoms with Gasteiger partial charge in [0.2, 0.25) is 5.91 Å². The molecule has 2 rings (SSSR count). The number of hydrogen-bond donors (Lipinski definition) is 1. The van der Waals surface area contributed by atoms with Gasteiger partial charge < -0.3 is 14.8 Å². The lowest BCUT2D eigenvalue weighted by Crippen LogP contribution is -2.31. The van der Waals surface area contributed by atoms with Crippen LogP contribution in [-0.2, 0) is 14.3 Å². The van der Waals surface area contributed by atoms with Crippen molar-refractivity contribution in [3.63, 3.8) is 0 Å². The van der Waals surface area contributed by atoms with Crippen LogP contribution in [0.2, 0.25) is 5.02 Å². The Balaban J connectivity index is 1.97. The third kappa shape index (κ3) is 6.91. The number of ketones is 1. The van der Waals surface area contributed by atoms with Crippen LogP contribution in [0.15, 0.2) is 48.5 Å². The van der Waals surface area contributed by atoms with E-state index in [1.165, 1.54) is 7.11 Å². The molecule has 0 saturated carbocycles. The third-order valence-electron chi connectivity index (χ3n) is 4.28. The molecule has 0 aliphatic rings. The fourth-order valence-corrected chi connectivity index (χ4v) is 3.06. The molecular formula is C22H24ClNO5. The second-order valence-electron chi connectivity index (χ2n) is 6.30. The van der Waals surface area contributed by atoms with E-state index in [9.17, 15) is 14.4 Å². The van der Waals surface area contributed by atoms with Crippen LogP contribution < -0.4 is 10.1 Å². The van der Waals surface area contributed by atoms with E-state index in [0.29, 0.717) is 28.5 Å². The highest BCUT2D eigenvalue weighted by atomic mass is 35.5. The number of halogens is 1. The van der Waals surface area contributed by atoms with Crippen molar-refractivity contribution < 1.29 is 23.9 Å². The molecule has 154 valence electrons.